The van der Waals surface area contributed by atoms with Gasteiger partial charge < -0.3 is 15.2 Å². The highest BCUT2D eigenvalue weighted by Gasteiger charge is 2.33. The second-order valence-electron chi connectivity index (χ2n) is 3.40. The molecule has 0 aromatic carbocycles. The molecule has 1 fully saturated rings. The highest BCUT2D eigenvalue weighted by molar-refractivity contribution is 5.73. The fourth-order valence-electron chi connectivity index (χ4n) is 1.71. The zero-order valence-electron chi connectivity index (χ0n) is 7.19. The fourth-order valence-corrected chi connectivity index (χ4v) is 1.71. The Morgan fingerprint density at radius 1 is 1.42 bits per heavy atom. The molecule has 0 aromatic rings. The van der Waals surface area contributed by atoms with Crippen LogP contribution in [0.2, 0.25) is 0 Å². The molecule has 0 saturated carbocycles. The van der Waals surface area contributed by atoms with Gasteiger partial charge in [-0.25, -0.2) is 4.99 Å². The van der Waals surface area contributed by atoms with Crippen LogP contribution in [0.5, 0.6) is 0 Å². The van der Waals surface area contributed by atoms with E-state index in [9.17, 15) is 0 Å². The first kappa shape index (κ1) is 7.86. The molecule has 0 aliphatic carbocycles. The third-order valence-corrected chi connectivity index (χ3v) is 2.38. The third kappa shape index (κ3) is 1.39. The summed E-state index contributed by atoms with van der Waals surface area (Å²) in [6.45, 7) is 2.74. The predicted octanol–water partition coefficient (Wildman–Crippen LogP) is 0.267. The molecule has 2 rings (SSSR count). The van der Waals surface area contributed by atoms with Crippen LogP contribution in [0.1, 0.15) is 19.8 Å². The quantitative estimate of drug-likeness (QED) is 0.614. The molecule has 0 spiro atoms. The summed E-state index contributed by atoms with van der Waals surface area (Å²) in [5.74, 6) is 0. The van der Waals surface area contributed by atoms with Gasteiger partial charge in [-0.15, -0.1) is 0 Å². The monoisotopic (exact) mass is 170 g/mol. The number of nitrogens with two attached hydrogens (primary N) is 1. The maximum absolute atomic E-state index is 5.64. The third-order valence-electron chi connectivity index (χ3n) is 2.38. The molecule has 0 amide bonds. The van der Waals surface area contributed by atoms with Gasteiger partial charge in [0, 0.05) is 0 Å². The summed E-state index contributed by atoms with van der Waals surface area (Å²) in [5.41, 5.74) is 5.40. The zero-order valence-corrected chi connectivity index (χ0v) is 7.19. The molecule has 1 saturated heterocycles. The Morgan fingerprint density at radius 2 is 2.25 bits per heavy atom. The number of rotatable bonds is 1. The summed E-state index contributed by atoms with van der Waals surface area (Å²) >= 11 is 0. The lowest BCUT2D eigenvalue weighted by Crippen LogP contribution is -2.30. The van der Waals surface area contributed by atoms with Gasteiger partial charge in [0.1, 0.15) is 6.10 Å². The Labute approximate surface area is 71.7 Å². The van der Waals surface area contributed by atoms with E-state index in [2.05, 4.69) is 11.9 Å². The van der Waals surface area contributed by atoms with Crippen molar-refractivity contribution >= 4 is 6.02 Å². The summed E-state index contributed by atoms with van der Waals surface area (Å²) in [6, 6.07) is 0.308. The second-order valence-corrected chi connectivity index (χ2v) is 3.40. The number of ether oxygens (including phenoxy) is 2. The standard InChI is InChI=1S/C8H14N2O2/c1-5-2-3-6(11-5)7-4-10-8(9)12-7/h5-7H,2-4H2,1H3,(H2,9,10). The minimum absolute atomic E-state index is 0.0648. The van der Waals surface area contributed by atoms with Gasteiger partial charge in [-0.1, -0.05) is 0 Å². The van der Waals surface area contributed by atoms with Crippen LogP contribution in [0.15, 0.2) is 4.99 Å². The lowest BCUT2D eigenvalue weighted by molar-refractivity contribution is -0.0114. The largest absolute Gasteiger partial charge is 0.457 e. The van der Waals surface area contributed by atoms with Crippen molar-refractivity contribution in [1.82, 2.24) is 0 Å². The molecule has 0 bridgehead atoms. The molecular weight excluding hydrogens is 156 g/mol. The molecule has 2 heterocycles. The van der Waals surface area contributed by atoms with E-state index in [1.54, 1.807) is 0 Å². The number of amidine groups is 1. The summed E-state index contributed by atoms with van der Waals surface area (Å²) in [7, 11) is 0. The van der Waals surface area contributed by atoms with Gasteiger partial charge in [0.05, 0.1) is 18.8 Å². The van der Waals surface area contributed by atoms with Crippen molar-refractivity contribution in [1.29, 1.82) is 0 Å². The average Bonchev–Trinajstić information content (AvgIpc) is 2.58. The van der Waals surface area contributed by atoms with Gasteiger partial charge in [-0.05, 0) is 19.8 Å². The molecular formula is C8H14N2O2. The molecule has 0 aromatic heterocycles. The summed E-state index contributed by atoms with van der Waals surface area (Å²) in [5, 5.41) is 0. The van der Waals surface area contributed by atoms with Crippen LogP contribution in [0.25, 0.3) is 0 Å². The van der Waals surface area contributed by atoms with Crippen LogP contribution in [0, 0.1) is 0 Å². The molecule has 68 valence electrons. The Kier molecular flexibility index (Phi) is 1.92. The minimum atomic E-state index is 0.0648. The van der Waals surface area contributed by atoms with E-state index in [0.717, 1.165) is 12.8 Å². The number of nitrogens with zero attached hydrogens (tertiary/aromatic N) is 1. The van der Waals surface area contributed by atoms with Crippen molar-refractivity contribution in [2.24, 2.45) is 10.7 Å². The van der Waals surface area contributed by atoms with E-state index in [0.29, 0.717) is 18.7 Å². The molecule has 3 unspecified atom stereocenters. The van der Waals surface area contributed by atoms with Gasteiger partial charge in [-0.3, -0.25) is 0 Å². The maximum atomic E-state index is 5.64. The first-order valence-electron chi connectivity index (χ1n) is 4.38. The van der Waals surface area contributed by atoms with Crippen molar-refractivity contribution < 1.29 is 9.47 Å². The minimum Gasteiger partial charge on any atom is -0.457 e. The van der Waals surface area contributed by atoms with Gasteiger partial charge in [-0.2, -0.15) is 0 Å². The summed E-state index contributed by atoms with van der Waals surface area (Å²) < 4.78 is 10.9. The van der Waals surface area contributed by atoms with Crippen LogP contribution in [-0.2, 0) is 9.47 Å². The lowest BCUT2D eigenvalue weighted by atomic mass is 10.1. The maximum Gasteiger partial charge on any atom is 0.282 e. The molecule has 2 aliphatic rings. The topological polar surface area (TPSA) is 56.8 Å². The second kappa shape index (κ2) is 2.94. The average molecular weight is 170 g/mol. The van der Waals surface area contributed by atoms with Gasteiger partial charge in [0.2, 0.25) is 0 Å². The molecule has 4 nitrogen and oxygen atoms in total. The SMILES string of the molecule is CC1CCC(C2CN=C(N)O2)O1. The van der Waals surface area contributed by atoms with E-state index in [1.165, 1.54) is 0 Å². The highest BCUT2D eigenvalue weighted by Crippen LogP contribution is 2.24. The summed E-state index contributed by atoms with van der Waals surface area (Å²) in [6.07, 6.45) is 2.80. The zero-order chi connectivity index (χ0) is 8.55. The number of hydrogen-bond acceptors (Lipinski definition) is 4. The van der Waals surface area contributed by atoms with Crippen LogP contribution in [0.3, 0.4) is 0 Å². The predicted molar refractivity (Wildman–Crippen MR) is 44.9 cm³/mol. The van der Waals surface area contributed by atoms with E-state index in [4.69, 9.17) is 15.2 Å². The van der Waals surface area contributed by atoms with E-state index < -0.39 is 0 Å². The first-order chi connectivity index (χ1) is 5.75. The van der Waals surface area contributed by atoms with Gasteiger partial charge in [0.25, 0.3) is 6.02 Å². The lowest BCUT2D eigenvalue weighted by Gasteiger charge is -2.17. The van der Waals surface area contributed by atoms with Crippen molar-refractivity contribution in [2.75, 3.05) is 6.54 Å². The summed E-state index contributed by atoms with van der Waals surface area (Å²) in [4.78, 5) is 3.98. The van der Waals surface area contributed by atoms with E-state index in [-0.39, 0.29) is 12.2 Å². The van der Waals surface area contributed by atoms with E-state index >= 15 is 0 Å². The first-order valence-corrected chi connectivity index (χ1v) is 4.38. The van der Waals surface area contributed by atoms with E-state index in [1.807, 2.05) is 0 Å². The molecule has 2 N–H and O–H groups in total. The molecule has 0 radical (unpaired) electrons. The van der Waals surface area contributed by atoms with Crippen LogP contribution in [-0.4, -0.2) is 30.9 Å². The van der Waals surface area contributed by atoms with Crippen LogP contribution < -0.4 is 5.73 Å². The Morgan fingerprint density at radius 3 is 2.75 bits per heavy atom. The van der Waals surface area contributed by atoms with Crippen molar-refractivity contribution in [3.05, 3.63) is 0 Å². The highest BCUT2D eigenvalue weighted by atomic mass is 16.6. The molecule has 3 atom stereocenters. The Hall–Kier alpha value is -0.770. The molecule has 4 heteroatoms. The van der Waals surface area contributed by atoms with Crippen LogP contribution in [0.4, 0.5) is 0 Å². The number of aliphatic imine (C=N–C) groups is 1. The Bertz CT molecular complexity index is 205. The van der Waals surface area contributed by atoms with Crippen molar-refractivity contribution in [2.45, 2.75) is 38.1 Å². The molecule has 12 heavy (non-hydrogen) atoms. The fraction of sp³-hybridized carbons (Fsp3) is 0.875. The number of hydrogen-bond donors (Lipinski definition) is 1. The molecule has 2 aliphatic heterocycles. The van der Waals surface area contributed by atoms with Crippen LogP contribution >= 0.6 is 0 Å². The normalized spacial score (nSPS) is 41.1. The Balaban J connectivity index is 1.87. The van der Waals surface area contributed by atoms with Crippen molar-refractivity contribution in [3.63, 3.8) is 0 Å². The van der Waals surface area contributed by atoms with Gasteiger partial charge in [0.15, 0.2) is 0 Å². The smallest absolute Gasteiger partial charge is 0.282 e. The van der Waals surface area contributed by atoms with Gasteiger partial charge >= 0.3 is 0 Å². The van der Waals surface area contributed by atoms with Crippen molar-refractivity contribution in [3.8, 4) is 0 Å².